The van der Waals surface area contributed by atoms with Crippen LogP contribution in [0.1, 0.15) is 112 Å². The van der Waals surface area contributed by atoms with Gasteiger partial charge in [0.15, 0.2) is 0 Å². The van der Waals surface area contributed by atoms with Gasteiger partial charge >= 0.3 is 0 Å². The SMILES string of the molecule is CCCCCCCCCCCCCOCC(C)OCC(C)OCC(C)OCC(C)OCC(C)OCCOCCOCCOCCOCCOCCO. The lowest BCUT2D eigenvalue weighted by molar-refractivity contribution is -0.101. The molecule has 0 aromatic carbocycles. The maximum Gasteiger partial charge on any atom is 0.0781 e. The van der Waals surface area contributed by atoms with Gasteiger partial charge in [0.2, 0.25) is 0 Å². The molecule has 5 unspecified atom stereocenters. The van der Waals surface area contributed by atoms with Crippen molar-refractivity contribution in [2.45, 2.75) is 143 Å². The Morgan fingerprint density at radius 3 is 1.00 bits per heavy atom. The average Bonchev–Trinajstić information content (AvgIpc) is 3.14. The first kappa shape index (κ1) is 51.5. The lowest BCUT2D eigenvalue weighted by Crippen LogP contribution is -2.29. The van der Waals surface area contributed by atoms with Crippen LogP contribution >= 0.6 is 0 Å². The Hall–Kier alpha value is -0.480. The van der Waals surface area contributed by atoms with E-state index in [1.165, 1.54) is 64.2 Å². The van der Waals surface area contributed by atoms with Crippen LogP contribution in [-0.2, 0) is 52.1 Å². The lowest BCUT2D eigenvalue weighted by Gasteiger charge is -2.22. The molecule has 0 aliphatic heterocycles. The highest BCUT2D eigenvalue weighted by atomic mass is 16.6. The summed E-state index contributed by atoms with van der Waals surface area (Å²) in [5, 5.41) is 8.61. The van der Waals surface area contributed by atoms with Gasteiger partial charge in [-0.3, -0.25) is 0 Å². The van der Waals surface area contributed by atoms with E-state index < -0.39 is 0 Å². The largest absolute Gasteiger partial charge is 0.394 e. The van der Waals surface area contributed by atoms with Crippen molar-refractivity contribution in [2.75, 3.05) is 119 Å². The van der Waals surface area contributed by atoms with E-state index in [0.29, 0.717) is 106 Å². The molecule has 1 N–H and O–H groups in total. The molecule has 0 heterocycles. The van der Waals surface area contributed by atoms with Crippen molar-refractivity contribution in [2.24, 2.45) is 0 Å². The zero-order valence-electron chi connectivity index (χ0n) is 34.3. The second-order valence-electron chi connectivity index (χ2n) is 13.7. The number of aliphatic hydroxyl groups is 1. The van der Waals surface area contributed by atoms with E-state index in [0.717, 1.165) is 13.0 Å². The minimum absolute atomic E-state index is 0.0186. The van der Waals surface area contributed by atoms with Crippen LogP contribution in [0.3, 0.4) is 0 Å². The van der Waals surface area contributed by atoms with Crippen molar-refractivity contribution in [1.29, 1.82) is 0 Å². The lowest BCUT2D eigenvalue weighted by atomic mass is 10.1. The van der Waals surface area contributed by atoms with Gasteiger partial charge in [0, 0.05) is 6.61 Å². The highest BCUT2D eigenvalue weighted by molar-refractivity contribution is 4.58. The number of ether oxygens (including phenoxy) is 11. The van der Waals surface area contributed by atoms with E-state index in [9.17, 15) is 0 Å². The molecule has 52 heavy (non-hydrogen) atoms. The molecule has 314 valence electrons. The smallest absolute Gasteiger partial charge is 0.0781 e. The minimum atomic E-state index is -0.0536. The third kappa shape index (κ3) is 40.7. The third-order valence-corrected chi connectivity index (χ3v) is 8.06. The normalized spacial score (nSPS) is 14.8. The Labute approximate surface area is 318 Å². The maximum atomic E-state index is 8.61. The van der Waals surface area contributed by atoms with Gasteiger partial charge in [-0.25, -0.2) is 0 Å². The fourth-order valence-electron chi connectivity index (χ4n) is 4.91. The molecule has 0 aliphatic carbocycles. The molecule has 0 saturated heterocycles. The van der Waals surface area contributed by atoms with Crippen molar-refractivity contribution >= 4 is 0 Å². The first-order valence-electron chi connectivity index (χ1n) is 20.5. The van der Waals surface area contributed by atoms with Gasteiger partial charge in [0.1, 0.15) is 0 Å². The van der Waals surface area contributed by atoms with E-state index >= 15 is 0 Å². The fourth-order valence-corrected chi connectivity index (χ4v) is 4.91. The maximum absolute atomic E-state index is 8.61. The summed E-state index contributed by atoms with van der Waals surface area (Å²) in [6.45, 7) is 21.1. The van der Waals surface area contributed by atoms with Gasteiger partial charge in [0.05, 0.1) is 143 Å². The molecule has 0 aliphatic rings. The zero-order chi connectivity index (χ0) is 38.2. The van der Waals surface area contributed by atoms with Crippen molar-refractivity contribution in [3.63, 3.8) is 0 Å². The number of unbranched alkanes of at least 4 members (excludes halogenated alkanes) is 10. The highest BCUT2D eigenvalue weighted by Gasteiger charge is 2.13. The van der Waals surface area contributed by atoms with Gasteiger partial charge in [0.25, 0.3) is 0 Å². The van der Waals surface area contributed by atoms with Crippen molar-refractivity contribution in [1.82, 2.24) is 0 Å². The predicted octanol–water partition coefficient (Wildman–Crippen LogP) is 6.41. The van der Waals surface area contributed by atoms with Crippen LogP contribution in [0, 0.1) is 0 Å². The summed E-state index contributed by atoms with van der Waals surface area (Å²) < 4.78 is 62.3. The molecule has 0 bridgehead atoms. The Morgan fingerprint density at radius 2 is 0.615 bits per heavy atom. The van der Waals surface area contributed by atoms with Crippen LogP contribution < -0.4 is 0 Å². The molecule has 0 aromatic rings. The summed E-state index contributed by atoms with van der Waals surface area (Å²) in [5.74, 6) is 0. The highest BCUT2D eigenvalue weighted by Crippen LogP contribution is 2.11. The summed E-state index contributed by atoms with van der Waals surface area (Å²) in [6.07, 6.45) is 14.7. The van der Waals surface area contributed by atoms with Gasteiger partial charge < -0.3 is 57.2 Å². The van der Waals surface area contributed by atoms with Crippen molar-refractivity contribution in [3.05, 3.63) is 0 Å². The molecular weight excluding hydrogens is 672 g/mol. The Balaban J connectivity index is 3.52. The molecule has 0 fully saturated rings. The van der Waals surface area contributed by atoms with E-state index in [2.05, 4.69) is 13.8 Å². The van der Waals surface area contributed by atoms with Crippen LogP contribution in [0.15, 0.2) is 0 Å². The zero-order valence-corrected chi connectivity index (χ0v) is 34.3. The molecule has 5 atom stereocenters. The molecule has 0 saturated carbocycles. The molecular formula is C40H82O12. The minimum Gasteiger partial charge on any atom is -0.394 e. The summed E-state index contributed by atoms with van der Waals surface area (Å²) in [4.78, 5) is 0. The van der Waals surface area contributed by atoms with Gasteiger partial charge in [-0.1, -0.05) is 71.1 Å². The quantitative estimate of drug-likeness (QED) is 0.0692. The van der Waals surface area contributed by atoms with Crippen LogP contribution in [0.5, 0.6) is 0 Å². The van der Waals surface area contributed by atoms with Crippen molar-refractivity contribution in [3.8, 4) is 0 Å². The Bertz CT molecular complexity index is 676. The number of hydrogen-bond acceptors (Lipinski definition) is 12. The fraction of sp³-hybridized carbons (Fsp3) is 1.00. The van der Waals surface area contributed by atoms with Crippen LogP contribution in [-0.4, -0.2) is 155 Å². The standard InChI is InChI=1S/C40H82O12/c1-7-8-9-10-11-12-13-14-15-16-17-19-47-31-36(2)49-33-38(4)51-35-40(6)52-34-39(5)50-32-37(3)48-30-29-46-28-27-45-26-25-44-24-23-43-22-21-42-20-18-41/h36-41H,7-35H2,1-6H3. The molecule has 12 heteroatoms. The molecule has 0 radical (unpaired) electrons. The van der Waals surface area contributed by atoms with E-state index in [-0.39, 0.29) is 37.1 Å². The van der Waals surface area contributed by atoms with E-state index in [4.69, 9.17) is 57.2 Å². The summed E-state index contributed by atoms with van der Waals surface area (Å²) in [5.41, 5.74) is 0. The third-order valence-electron chi connectivity index (χ3n) is 8.06. The first-order valence-corrected chi connectivity index (χ1v) is 20.5. The number of rotatable bonds is 44. The molecule has 0 spiro atoms. The topological polar surface area (TPSA) is 122 Å². The van der Waals surface area contributed by atoms with Gasteiger partial charge in [-0.05, 0) is 41.0 Å². The summed E-state index contributed by atoms with van der Waals surface area (Å²) >= 11 is 0. The van der Waals surface area contributed by atoms with E-state index in [1.807, 2.05) is 27.7 Å². The van der Waals surface area contributed by atoms with Crippen LogP contribution in [0.4, 0.5) is 0 Å². The van der Waals surface area contributed by atoms with Crippen LogP contribution in [0.2, 0.25) is 0 Å². The molecule has 0 aromatic heterocycles. The molecule has 12 nitrogen and oxygen atoms in total. The molecule has 0 rings (SSSR count). The molecule has 0 amide bonds. The predicted molar refractivity (Wildman–Crippen MR) is 206 cm³/mol. The summed E-state index contributed by atoms with van der Waals surface area (Å²) in [6, 6.07) is 0. The second-order valence-corrected chi connectivity index (χ2v) is 13.7. The van der Waals surface area contributed by atoms with Gasteiger partial charge in [-0.2, -0.15) is 0 Å². The monoisotopic (exact) mass is 755 g/mol. The van der Waals surface area contributed by atoms with Crippen LogP contribution in [0.25, 0.3) is 0 Å². The number of hydrogen-bond donors (Lipinski definition) is 1. The van der Waals surface area contributed by atoms with Crippen molar-refractivity contribution < 1.29 is 57.2 Å². The first-order chi connectivity index (χ1) is 25.4. The van der Waals surface area contributed by atoms with Gasteiger partial charge in [-0.15, -0.1) is 0 Å². The number of aliphatic hydroxyl groups excluding tert-OH is 1. The van der Waals surface area contributed by atoms with E-state index in [1.54, 1.807) is 0 Å². The second kappa shape index (κ2) is 41.7. The summed E-state index contributed by atoms with van der Waals surface area (Å²) in [7, 11) is 0. The Morgan fingerprint density at radius 1 is 0.308 bits per heavy atom. The average molecular weight is 755 g/mol. The Kier molecular flexibility index (Phi) is 41.3.